The van der Waals surface area contributed by atoms with Gasteiger partial charge in [0.15, 0.2) is 9.84 Å². The molecule has 0 saturated heterocycles. The number of amides is 1. The fourth-order valence-electron chi connectivity index (χ4n) is 2.51. The van der Waals surface area contributed by atoms with Crippen LogP contribution >= 0.6 is 0 Å². The minimum absolute atomic E-state index is 0.0827. The first-order valence-corrected chi connectivity index (χ1v) is 9.89. The molecule has 0 fully saturated rings. The van der Waals surface area contributed by atoms with E-state index in [1.165, 1.54) is 6.92 Å². The number of hydrogen-bond donors (Lipinski definition) is 2. The molecule has 0 spiro atoms. The molecule has 0 aromatic heterocycles. The van der Waals surface area contributed by atoms with Crippen LogP contribution in [0.4, 0.5) is 4.39 Å². The lowest BCUT2D eigenvalue weighted by atomic mass is 10.1. The highest BCUT2D eigenvalue weighted by Crippen LogP contribution is 2.15. The van der Waals surface area contributed by atoms with Gasteiger partial charge >= 0.3 is 5.97 Å². The number of sulfone groups is 1. The van der Waals surface area contributed by atoms with Gasteiger partial charge in [0.05, 0.1) is 10.6 Å². The summed E-state index contributed by atoms with van der Waals surface area (Å²) < 4.78 is 37.6. The van der Waals surface area contributed by atoms with Gasteiger partial charge < -0.3 is 10.4 Å². The second kappa shape index (κ2) is 8.77. The van der Waals surface area contributed by atoms with Gasteiger partial charge in [-0.2, -0.15) is 0 Å². The van der Waals surface area contributed by atoms with Crippen LogP contribution in [0.3, 0.4) is 0 Å². The molecule has 2 atom stereocenters. The van der Waals surface area contributed by atoms with E-state index >= 15 is 0 Å². The van der Waals surface area contributed by atoms with Crippen molar-refractivity contribution >= 4 is 21.7 Å². The highest BCUT2D eigenvalue weighted by Gasteiger charge is 2.27. The molecule has 2 N–H and O–H groups in total. The molecule has 2 aromatic rings. The van der Waals surface area contributed by atoms with Crippen LogP contribution in [0.25, 0.3) is 0 Å². The maximum Gasteiger partial charge on any atom is 0.326 e. The first-order valence-electron chi connectivity index (χ1n) is 8.24. The number of rotatable bonds is 8. The van der Waals surface area contributed by atoms with Gasteiger partial charge in [-0.1, -0.05) is 37.3 Å². The summed E-state index contributed by atoms with van der Waals surface area (Å²) >= 11 is 0. The predicted molar refractivity (Wildman–Crippen MR) is 97.3 cm³/mol. The summed E-state index contributed by atoms with van der Waals surface area (Å²) in [5.41, 5.74) is 0.733. The van der Waals surface area contributed by atoms with Gasteiger partial charge in [-0.3, -0.25) is 4.79 Å². The maximum atomic E-state index is 12.9. The van der Waals surface area contributed by atoms with E-state index in [-0.39, 0.29) is 11.3 Å². The lowest BCUT2D eigenvalue weighted by Crippen LogP contribution is -2.45. The van der Waals surface area contributed by atoms with E-state index in [0.717, 1.165) is 29.8 Å². The van der Waals surface area contributed by atoms with Crippen LogP contribution in [0.2, 0.25) is 0 Å². The SMILES string of the molecule is CC(CS(=O)(=O)c1ccc(F)cc1)C(=O)N[C@@H](Cc1ccccc1)C(=O)O. The highest BCUT2D eigenvalue weighted by molar-refractivity contribution is 7.91. The molecule has 1 amide bonds. The minimum atomic E-state index is -3.81. The smallest absolute Gasteiger partial charge is 0.326 e. The fraction of sp³-hybridized carbons (Fsp3) is 0.263. The second-order valence-electron chi connectivity index (χ2n) is 6.23. The minimum Gasteiger partial charge on any atom is -0.480 e. The van der Waals surface area contributed by atoms with Crippen molar-refractivity contribution < 1.29 is 27.5 Å². The summed E-state index contributed by atoms with van der Waals surface area (Å²) in [6.07, 6.45) is 0.0827. The van der Waals surface area contributed by atoms with Crippen LogP contribution in [0.15, 0.2) is 59.5 Å². The Morgan fingerprint density at radius 2 is 1.67 bits per heavy atom. The molecule has 2 rings (SSSR count). The number of carboxylic acids is 1. The summed E-state index contributed by atoms with van der Waals surface area (Å²) in [7, 11) is -3.81. The number of benzene rings is 2. The molecule has 2 aromatic carbocycles. The monoisotopic (exact) mass is 393 g/mol. The Labute approximate surface area is 157 Å². The Morgan fingerprint density at radius 1 is 1.07 bits per heavy atom. The van der Waals surface area contributed by atoms with Gasteiger partial charge in [0.2, 0.25) is 5.91 Å². The van der Waals surface area contributed by atoms with Gasteiger partial charge in [-0.05, 0) is 29.8 Å². The van der Waals surface area contributed by atoms with Gasteiger partial charge in [-0.15, -0.1) is 0 Å². The zero-order valence-electron chi connectivity index (χ0n) is 14.6. The molecule has 0 aliphatic rings. The van der Waals surface area contributed by atoms with Crippen molar-refractivity contribution in [2.45, 2.75) is 24.3 Å². The van der Waals surface area contributed by atoms with Crippen LogP contribution in [0.1, 0.15) is 12.5 Å². The quantitative estimate of drug-likeness (QED) is 0.669. The van der Waals surface area contributed by atoms with E-state index in [0.29, 0.717) is 0 Å². The van der Waals surface area contributed by atoms with Crippen molar-refractivity contribution in [3.8, 4) is 0 Å². The molecule has 6 nitrogen and oxygen atoms in total. The van der Waals surface area contributed by atoms with Crippen molar-refractivity contribution in [3.63, 3.8) is 0 Å². The molecular formula is C19H20FNO5S. The number of carbonyl (C=O) groups excluding carboxylic acids is 1. The molecule has 0 aliphatic heterocycles. The molecule has 0 radical (unpaired) electrons. The number of nitrogens with one attached hydrogen (secondary N) is 1. The molecule has 144 valence electrons. The number of hydrogen-bond acceptors (Lipinski definition) is 4. The molecule has 0 saturated carbocycles. The molecule has 1 unspecified atom stereocenters. The van der Waals surface area contributed by atoms with Gasteiger partial charge in [0, 0.05) is 12.3 Å². The Kier molecular flexibility index (Phi) is 6.68. The van der Waals surface area contributed by atoms with E-state index in [1.807, 2.05) is 0 Å². The van der Waals surface area contributed by atoms with Crippen LogP contribution in [0, 0.1) is 11.7 Å². The predicted octanol–water partition coefficient (Wildman–Crippen LogP) is 2.05. The summed E-state index contributed by atoms with van der Waals surface area (Å²) in [5, 5.41) is 11.7. The number of carbonyl (C=O) groups is 2. The number of halogens is 1. The Hall–Kier alpha value is -2.74. The maximum absolute atomic E-state index is 12.9. The fourth-order valence-corrected chi connectivity index (χ4v) is 4.06. The van der Waals surface area contributed by atoms with E-state index in [1.54, 1.807) is 30.3 Å². The zero-order valence-corrected chi connectivity index (χ0v) is 15.4. The van der Waals surface area contributed by atoms with Gasteiger partial charge in [0.25, 0.3) is 0 Å². The van der Waals surface area contributed by atoms with Crippen LogP contribution < -0.4 is 5.32 Å². The summed E-state index contributed by atoms with van der Waals surface area (Å²) in [5.74, 6) is -3.94. The summed E-state index contributed by atoms with van der Waals surface area (Å²) in [6.45, 7) is 1.40. The van der Waals surface area contributed by atoms with Crippen LogP contribution in [-0.4, -0.2) is 37.2 Å². The van der Waals surface area contributed by atoms with E-state index < -0.39 is 45.2 Å². The van der Waals surface area contributed by atoms with E-state index in [4.69, 9.17) is 0 Å². The zero-order chi connectivity index (χ0) is 20.0. The van der Waals surface area contributed by atoms with Crippen LogP contribution in [-0.2, 0) is 25.8 Å². The second-order valence-corrected chi connectivity index (χ2v) is 8.26. The third-order valence-corrected chi connectivity index (χ3v) is 5.92. The first kappa shape index (κ1) is 20.6. The lowest BCUT2D eigenvalue weighted by molar-refractivity contribution is -0.142. The Bertz CT molecular complexity index is 897. The number of carboxylic acid groups (broad SMARTS) is 1. The van der Waals surface area contributed by atoms with E-state index in [9.17, 15) is 27.5 Å². The molecule has 0 aliphatic carbocycles. The molecule has 8 heteroatoms. The van der Waals surface area contributed by atoms with Crippen molar-refractivity contribution in [1.82, 2.24) is 5.32 Å². The average molecular weight is 393 g/mol. The molecule has 0 heterocycles. The molecule has 0 bridgehead atoms. The van der Waals surface area contributed by atoms with E-state index in [2.05, 4.69) is 5.32 Å². The normalized spacial score (nSPS) is 13.6. The summed E-state index contributed by atoms with van der Waals surface area (Å²) in [4.78, 5) is 23.6. The first-order chi connectivity index (χ1) is 12.7. The molecule has 27 heavy (non-hydrogen) atoms. The van der Waals surface area contributed by atoms with Gasteiger partial charge in [0.1, 0.15) is 11.9 Å². The topological polar surface area (TPSA) is 101 Å². The largest absolute Gasteiger partial charge is 0.480 e. The van der Waals surface area contributed by atoms with Crippen molar-refractivity contribution in [3.05, 3.63) is 66.0 Å². The third-order valence-electron chi connectivity index (χ3n) is 3.99. The standard InChI is InChI=1S/C19H20FNO5S/c1-13(12-27(25,26)16-9-7-15(20)8-10-16)18(22)21-17(19(23)24)11-14-5-3-2-4-6-14/h2-10,13,17H,11-12H2,1H3,(H,21,22)(H,23,24)/t13?,17-/m0/s1. The van der Waals surface area contributed by atoms with Gasteiger partial charge in [-0.25, -0.2) is 17.6 Å². The number of aliphatic carboxylic acids is 1. The Morgan fingerprint density at radius 3 is 2.22 bits per heavy atom. The Balaban J connectivity index is 2.04. The van der Waals surface area contributed by atoms with Crippen molar-refractivity contribution in [1.29, 1.82) is 0 Å². The lowest BCUT2D eigenvalue weighted by Gasteiger charge is -2.18. The van der Waals surface area contributed by atoms with Crippen LogP contribution in [0.5, 0.6) is 0 Å². The molecular weight excluding hydrogens is 373 g/mol. The summed E-state index contributed by atoms with van der Waals surface area (Å²) in [6, 6.07) is 11.9. The van der Waals surface area contributed by atoms with Crippen molar-refractivity contribution in [2.24, 2.45) is 5.92 Å². The highest BCUT2D eigenvalue weighted by atomic mass is 32.2. The third kappa shape index (κ3) is 5.89. The average Bonchev–Trinajstić information content (AvgIpc) is 2.61. The van der Waals surface area contributed by atoms with Crippen molar-refractivity contribution in [2.75, 3.05) is 5.75 Å².